The number of hydrogen-bond acceptors (Lipinski definition) is 4. The number of likely N-dealkylation sites (tertiary alicyclic amines) is 1. The Hall–Kier alpha value is -0.820. The summed E-state index contributed by atoms with van der Waals surface area (Å²) in [6.45, 7) is 2.36. The van der Waals surface area contributed by atoms with Crippen molar-refractivity contribution in [1.82, 2.24) is 9.62 Å². The summed E-state index contributed by atoms with van der Waals surface area (Å²) in [5.41, 5.74) is 2.26. The third kappa shape index (κ3) is 4.59. The molecule has 1 heterocycles. The first kappa shape index (κ1) is 17.5. The summed E-state index contributed by atoms with van der Waals surface area (Å²) in [7, 11) is 0.610. The Balaban J connectivity index is 2.16. The summed E-state index contributed by atoms with van der Waals surface area (Å²) in [5.74, 6) is 0. The van der Waals surface area contributed by atoms with Gasteiger partial charge in [-0.05, 0) is 43.6 Å². The number of nitrogens with one attached hydrogen (secondary N) is 1. The minimum absolute atomic E-state index is 0.0525. The Bertz CT molecular complexity index is 569. The fourth-order valence-corrected chi connectivity index (χ4v) is 3.47. The summed E-state index contributed by atoms with van der Waals surface area (Å²) in [5, 5.41) is -0.403. The maximum absolute atomic E-state index is 11.6. The number of halogens is 1. The molecule has 1 atom stereocenters. The highest BCUT2D eigenvalue weighted by molar-refractivity contribution is 7.90. The summed E-state index contributed by atoms with van der Waals surface area (Å²) in [6, 6.07) is 8.33. The van der Waals surface area contributed by atoms with E-state index in [9.17, 15) is 8.42 Å². The molecule has 0 bridgehead atoms. The van der Waals surface area contributed by atoms with Crippen molar-refractivity contribution < 1.29 is 8.42 Å². The number of rotatable bonds is 7. The molecule has 5 nitrogen and oxygen atoms in total. The molecule has 1 fully saturated rings. The Labute approximate surface area is 138 Å². The molecular formula is C15H24ClN3O2S. The fraction of sp³-hybridized carbons (Fsp3) is 0.600. The third-order valence-electron chi connectivity index (χ3n) is 4.02. The average molecular weight is 346 g/mol. The summed E-state index contributed by atoms with van der Waals surface area (Å²) >= 11 is 5.47. The SMILES string of the molecule is CN(C)c1ccc(C(CNS(=O)(=O)CCl)N2CCCC2)cc1. The first-order chi connectivity index (χ1) is 10.4. The Kier molecular flexibility index (Phi) is 6.09. The van der Waals surface area contributed by atoms with Crippen molar-refractivity contribution in [3.63, 3.8) is 0 Å². The van der Waals surface area contributed by atoms with Crippen LogP contribution in [0.25, 0.3) is 0 Å². The molecule has 1 unspecified atom stereocenters. The largest absolute Gasteiger partial charge is 0.378 e. The van der Waals surface area contributed by atoms with E-state index in [0.29, 0.717) is 6.54 Å². The second-order valence-electron chi connectivity index (χ2n) is 5.82. The zero-order valence-corrected chi connectivity index (χ0v) is 14.7. The van der Waals surface area contributed by atoms with Gasteiger partial charge in [-0.2, -0.15) is 0 Å². The number of benzene rings is 1. The van der Waals surface area contributed by atoms with Gasteiger partial charge in [-0.1, -0.05) is 12.1 Å². The Morgan fingerprint density at radius 3 is 2.32 bits per heavy atom. The lowest BCUT2D eigenvalue weighted by Crippen LogP contribution is -2.37. The van der Waals surface area contributed by atoms with Crippen LogP contribution in [0.5, 0.6) is 0 Å². The van der Waals surface area contributed by atoms with Crippen molar-refractivity contribution in [2.24, 2.45) is 0 Å². The van der Waals surface area contributed by atoms with Gasteiger partial charge >= 0.3 is 0 Å². The fourth-order valence-electron chi connectivity index (χ4n) is 2.75. The van der Waals surface area contributed by atoms with E-state index in [0.717, 1.165) is 37.2 Å². The number of nitrogens with zero attached hydrogens (tertiary/aromatic N) is 2. The molecule has 1 aromatic carbocycles. The highest BCUT2D eigenvalue weighted by Crippen LogP contribution is 2.26. The topological polar surface area (TPSA) is 52.7 Å². The number of sulfonamides is 1. The van der Waals surface area contributed by atoms with Crippen molar-refractivity contribution in [2.45, 2.75) is 18.9 Å². The van der Waals surface area contributed by atoms with Gasteiger partial charge in [-0.15, -0.1) is 11.6 Å². The molecule has 1 aromatic rings. The predicted octanol–water partition coefficient (Wildman–Crippen LogP) is 2.01. The lowest BCUT2D eigenvalue weighted by atomic mass is 10.1. The molecule has 1 aliphatic rings. The number of anilines is 1. The van der Waals surface area contributed by atoms with Crippen LogP contribution in [0.2, 0.25) is 0 Å². The van der Waals surface area contributed by atoms with Crippen LogP contribution in [0, 0.1) is 0 Å². The van der Waals surface area contributed by atoms with E-state index >= 15 is 0 Å². The maximum Gasteiger partial charge on any atom is 0.225 e. The second-order valence-corrected chi connectivity index (χ2v) is 8.21. The van der Waals surface area contributed by atoms with Crippen LogP contribution in [0.4, 0.5) is 5.69 Å². The molecule has 2 rings (SSSR count). The van der Waals surface area contributed by atoms with Crippen molar-refractivity contribution in [2.75, 3.05) is 43.8 Å². The van der Waals surface area contributed by atoms with Crippen molar-refractivity contribution in [3.05, 3.63) is 29.8 Å². The van der Waals surface area contributed by atoms with Gasteiger partial charge in [0, 0.05) is 32.4 Å². The summed E-state index contributed by atoms with van der Waals surface area (Å²) in [4.78, 5) is 4.38. The zero-order chi connectivity index (χ0) is 16.2. The molecule has 1 saturated heterocycles. The summed E-state index contributed by atoms with van der Waals surface area (Å²) in [6.07, 6.45) is 2.32. The van der Waals surface area contributed by atoms with Crippen molar-refractivity contribution in [3.8, 4) is 0 Å². The average Bonchev–Trinajstić information content (AvgIpc) is 3.02. The van der Waals surface area contributed by atoms with Crippen molar-refractivity contribution >= 4 is 27.3 Å². The first-order valence-electron chi connectivity index (χ1n) is 7.47. The predicted molar refractivity (Wildman–Crippen MR) is 92.0 cm³/mol. The van der Waals surface area contributed by atoms with Crippen molar-refractivity contribution in [1.29, 1.82) is 0 Å². The molecule has 0 aromatic heterocycles. The molecule has 22 heavy (non-hydrogen) atoms. The lowest BCUT2D eigenvalue weighted by molar-refractivity contribution is 0.246. The van der Waals surface area contributed by atoms with E-state index in [4.69, 9.17) is 11.6 Å². The first-order valence-corrected chi connectivity index (χ1v) is 9.66. The van der Waals surface area contributed by atoms with E-state index in [2.05, 4.69) is 33.9 Å². The van der Waals surface area contributed by atoms with Gasteiger partial charge in [0.15, 0.2) is 0 Å². The van der Waals surface area contributed by atoms with Gasteiger partial charge in [-0.25, -0.2) is 13.1 Å². The third-order valence-corrected chi connectivity index (χ3v) is 5.77. The van der Waals surface area contributed by atoms with Gasteiger partial charge in [0.05, 0.1) is 0 Å². The number of alkyl halides is 1. The minimum atomic E-state index is -3.39. The molecular weight excluding hydrogens is 322 g/mol. The quantitative estimate of drug-likeness (QED) is 0.768. The van der Waals surface area contributed by atoms with E-state index in [1.54, 1.807) is 0 Å². The number of hydrogen-bond donors (Lipinski definition) is 1. The standard InChI is InChI=1S/C15H24ClN3O2S/c1-18(2)14-7-5-13(6-8-14)15(19-9-3-4-10-19)11-17-22(20,21)12-16/h5-8,15,17H,3-4,9-12H2,1-2H3. The molecule has 0 saturated carbocycles. The minimum Gasteiger partial charge on any atom is -0.378 e. The zero-order valence-electron chi connectivity index (χ0n) is 13.1. The van der Waals surface area contributed by atoms with E-state index < -0.39 is 15.2 Å². The monoisotopic (exact) mass is 345 g/mol. The van der Waals surface area contributed by atoms with Crippen LogP contribution in [-0.4, -0.2) is 52.3 Å². The van der Waals surface area contributed by atoms with Crippen LogP contribution in [0.3, 0.4) is 0 Å². The van der Waals surface area contributed by atoms with Crippen LogP contribution < -0.4 is 9.62 Å². The highest BCUT2D eigenvalue weighted by atomic mass is 35.5. The van der Waals surface area contributed by atoms with Gasteiger partial charge in [0.1, 0.15) is 5.21 Å². The van der Waals surface area contributed by atoms with Gasteiger partial charge in [-0.3, -0.25) is 4.90 Å². The van der Waals surface area contributed by atoms with Crippen LogP contribution in [-0.2, 0) is 10.0 Å². The summed E-state index contributed by atoms with van der Waals surface area (Å²) < 4.78 is 25.9. The van der Waals surface area contributed by atoms with Crippen LogP contribution in [0.15, 0.2) is 24.3 Å². The normalized spacial score (nSPS) is 17.6. The molecule has 0 aliphatic carbocycles. The van der Waals surface area contributed by atoms with E-state index in [1.807, 2.05) is 19.0 Å². The Morgan fingerprint density at radius 2 is 1.82 bits per heavy atom. The molecule has 1 N–H and O–H groups in total. The van der Waals surface area contributed by atoms with E-state index in [1.165, 1.54) is 0 Å². The lowest BCUT2D eigenvalue weighted by Gasteiger charge is -2.28. The molecule has 1 aliphatic heterocycles. The van der Waals surface area contributed by atoms with Gasteiger partial charge in [0.2, 0.25) is 10.0 Å². The maximum atomic E-state index is 11.6. The smallest absolute Gasteiger partial charge is 0.225 e. The van der Waals surface area contributed by atoms with Gasteiger partial charge < -0.3 is 4.90 Å². The van der Waals surface area contributed by atoms with Gasteiger partial charge in [0.25, 0.3) is 0 Å². The highest BCUT2D eigenvalue weighted by Gasteiger charge is 2.24. The molecule has 0 amide bonds. The second kappa shape index (κ2) is 7.64. The van der Waals surface area contributed by atoms with E-state index in [-0.39, 0.29) is 6.04 Å². The van der Waals surface area contributed by atoms with Crippen LogP contribution >= 0.6 is 11.6 Å². The molecule has 7 heteroatoms. The van der Waals surface area contributed by atoms with Crippen LogP contribution in [0.1, 0.15) is 24.4 Å². The Morgan fingerprint density at radius 1 is 1.23 bits per heavy atom. The molecule has 124 valence electrons. The molecule has 0 spiro atoms. The molecule has 0 radical (unpaired) electrons.